The first-order chi connectivity index (χ1) is 9.69. The number of nitrogens with one attached hydrogen (secondary N) is 2. The van der Waals surface area contributed by atoms with Crippen LogP contribution in [0.4, 0.5) is 4.79 Å². The van der Waals surface area contributed by atoms with Crippen molar-refractivity contribution in [2.24, 2.45) is 0 Å². The number of hydrogen-bond donors (Lipinski definition) is 2. The fraction of sp³-hybridized carbons (Fsp3) is 0.562. The van der Waals surface area contributed by atoms with Crippen molar-refractivity contribution in [3.8, 4) is 0 Å². The summed E-state index contributed by atoms with van der Waals surface area (Å²) in [7, 11) is 0. The van der Waals surface area contributed by atoms with Gasteiger partial charge in [-0.05, 0) is 37.8 Å². The zero-order valence-corrected chi connectivity index (χ0v) is 12.5. The van der Waals surface area contributed by atoms with Crippen LogP contribution < -0.4 is 10.6 Å². The van der Waals surface area contributed by atoms with Crippen LogP contribution in [0.2, 0.25) is 0 Å². The maximum atomic E-state index is 11.5. The molecule has 0 bridgehead atoms. The fourth-order valence-electron chi connectivity index (χ4n) is 2.66. The van der Waals surface area contributed by atoms with Crippen LogP contribution in [0.3, 0.4) is 0 Å². The molecule has 20 heavy (non-hydrogen) atoms. The van der Waals surface area contributed by atoms with Crippen LogP contribution in [0, 0.1) is 6.92 Å². The third-order valence-electron chi connectivity index (χ3n) is 3.92. The van der Waals surface area contributed by atoms with Gasteiger partial charge in [0.1, 0.15) is 0 Å². The van der Waals surface area contributed by atoms with Crippen molar-refractivity contribution in [1.29, 1.82) is 0 Å². The highest BCUT2D eigenvalue weighted by Gasteiger charge is 2.20. The summed E-state index contributed by atoms with van der Waals surface area (Å²) in [6.07, 6.45) is 2.06. The highest BCUT2D eigenvalue weighted by atomic mass is 16.2. The Morgan fingerprint density at radius 2 is 2.00 bits per heavy atom. The van der Waals surface area contributed by atoms with Crippen molar-refractivity contribution in [3.05, 3.63) is 35.4 Å². The Morgan fingerprint density at radius 3 is 2.65 bits per heavy atom. The van der Waals surface area contributed by atoms with Gasteiger partial charge in [-0.1, -0.05) is 24.3 Å². The molecule has 0 spiro atoms. The highest BCUT2D eigenvalue weighted by Crippen LogP contribution is 2.16. The Kier molecular flexibility index (Phi) is 5.41. The topological polar surface area (TPSA) is 44.4 Å². The second-order valence-corrected chi connectivity index (χ2v) is 5.48. The Bertz CT molecular complexity index is 439. The summed E-state index contributed by atoms with van der Waals surface area (Å²) < 4.78 is 0. The number of hydrogen-bond acceptors (Lipinski definition) is 2. The van der Waals surface area contributed by atoms with E-state index in [2.05, 4.69) is 46.7 Å². The maximum absolute atomic E-state index is 11.5. The second-order valence-electron chi connectivity index (χ2n) is 5.48. The summed E-state index contributed by atoms with van der Waals surface area (Å²) in [5.74, 6) is 0. The first-order valence-electron chi connectivity index (χ1n) is 7.50. The van der Waals surface area contributed by atoms with Crippen LogP contribution >= 0.6 is 0 Å². The van der Waals surface area contributed by atoms with E-state index in [1.165, 1.54) is 11.1 Å². The number of benzene rings is 1. The third kappa shape index (κ3) is 4.23. The molecule has 1 aliphatic heterocycles. The number of piperidine rings is 1. The number of likely N-dealkylation sites (tertiary alicyclic amines) is 1. The monoisotopic (exact) mass is 275 g/mol. The molecule has 1 fully saturated rings. The van der Waals surface area contributed by atoms with E-state index >= 15 is 0 Å². The van der Waals surface area contributed by atoms with Gasteiger partial charge in [-0.3, -0.25) is 4.90 Å². The SMILES string of the molecule is CCNC(=O)NC1CCN(Cc2ccccc2C)CC1. The summed E-state index contributed by atoms with van der Waals surface area (Å²) in [6.45, 7) is 7.89. The number of amides is 2. The van der Waals surface area contributed by atoms with Crippen LogP contribution in [-0.2, 0) is 6.54 Å². The zero-order valence-electron chi connectivity index (χ0n) is 12.5. The number of rotatable bonds is 4. The average Bonchev–Trinajstić information content (AvgIpc) is 2.44. The van der Waals surface area contributed by atoms with Gasteiger partial charge in [-0.15, -0.1) is 0 Å². The van der Waals surface area contributed by atoms with Crippen LogP contribution in [0.5, 0.6) is 0 Å². The van der Waals surface area contributed by atoms with Gasteiger partial charge in [0.2, 0.25) is 0 Å². The van der Waals surface area contributed by atoms with Crippen LogP contribution in [0.25, 0.3) is 0 Å². The van der Waals surface area contributed by atoms with Gasteiger partial charge >= 0.3 is 6.03 Å². The summed E-state index contributed by atoms with van der Waals surface area (Å²) in [4.78, 5) is 14.0. The van der Waals surface area contributed by atoms with E-state index in [4.69, 9.17) is 0 Å². The van der Waals surface area contributed by atoms with E-state index in [-0.39, 0.29) is 6.03 Å². The van der Waals surface area contributed by atoms with Crippen LogP contribution in [-0.4, -0.2) is 36.6 Å². The summed E-state index contributed by atoms with van der Waals surface area (Å²) in [6, 6.07) is 8.83. The molecule has 2 N–H and O–H groups in total. The summed E-state index contributed by atoms with van der Waals surface area (Å²) in [5.41, 5.74) is 2.76. The van der Waals surface area contributed by atoms with Crippen molar-refractivity contribution in [2.75, 3.05) is 19.6 Å². The molecule has 1 saturated heterocycles. The van der Waals surface area contributed by atoms with Crippen LogP contribution in [0.1, 0.15) is 30.9 Å². The lowest BCUT2D eigenvalue weighted by Gasteiger charge is -2.32. The number of carbonyl (C=O) groups excluding carboxylic acids is 1. The standard InChI is InChI=1S/C16H25N3O/c1-3-17-16(20)18-15-8-10-19(11-9-15)12-14-7-5-4-6-13(14)2/h4-7,15H,3,8-12H2,1-2H3,(H2,17,18,20). The Labute approximate surface area is 121 Å². The first kappa shape index (κ1) is 14.9. The molecule has 0 saturated carbocycles. The number of carbonyl (C=O) groups is 1. The molecule has 0 atom stereocenters. The molecule has 2 rings (SSSR count). The average molecular weight is 275 g/mol. The van der Waals surface area contributed by atoms with Gasteiger partial charge in [0, 0.05) is 32.2 Å². The Hall–Kier alpha value is -1.55. The predicted octanol–water partition coefficient (Wildman–Crippen LogP) is 2.28. The molecule has 4 heteroatoms. The van der Waals surface area contributed by atoms with Gasteiger partial charge in [0.05, 0.1) is 0 Å². The van der Waals surface area contributed by atoms with Gasteiger partial charge < -0.3 is 10.6 Å². The molecular weight excluding hydrogens is 250 g/mol. The van der Waals surface area contributed by atoms with Crippen molar-refractivity contribution in [3.63, 3.8) is 0 Å². The van der Waals surface area contributed by atoms with Crippen molar-refractivity contribution in [1.82, 2.24) is 15.5 Å². The Balaban J connectivity index is 1.77. The van der Waals surface area contributed by atoms with Crippen molar-refractivity contribution in [2.45, 2.75) is 39.3 Å². The van der Waals surface area contributed by atoms with Gasteiger partial charge in [-0.2, -0.15) is 0 Å². The molecule has 0 aliphatic carbocycles. The lowest BCUT2D eigenvalue weighted by atomic mass is 10.0. The molecule has 1 aliphatic rings. The number of aryl methyl sites for hydroxylation is 1. The van der Waals surface area contributed by atoms with Gasteiger partial charge in [0.25, 0.3) is 0 Å². The summed E-state index contributed by atoms with van der Waals surface area (Å²) in [5, 5.41) is 5.83. The third-order valence-corrected chi connectivity index (χ3v) is 3.92. The molecular formula is C16H25N3O. The smallest absolute Gasteiger partial charge is 0.314 e. The normalized spacial score (nSPS) is 16.9. The lowest BCUT2D eigenvalue weighted by molar-refractivity contribution is 0.186. The van der Waals surface area contributed by atoms with E-state index in [9.17, 15) is 4.79 Å². The molecule has 4 nitrogen and oxygen atoms in total. The van der Waals surface area contributed by atoms with Crippen molar-refractivity contribution < 1.29 is 4.79 Å². The number of urea groups is 1. The molecule has 1 aromatic rings. The fourth-order valence-corrected chi connectivity index (χ4v) is 2.66. The van der Waals surface area contributed by atoms with E-state index in [0.717, 1.165) is 32.5 Å². The molecule has 0 aromatic heterocycles. The largest absolute Gasteiger partial charge is 0.338 e. The minimum atomic E-state index is -0.0372. The van der Waals surface area contributed by atoms with E-state index in [0.29, 0.717) is 12.6 Å². The zero-order chi connectivity index (χ0) is 14.4. The van der Waals surface area contributed by atoms with Crippen molar-refractivity contribution >= 4 is 6.03 Å². The number of nitrogens with zero attached hydrogens (tertiary/aromatic N) is 1. The van der Waals surface area contributed by atoms with E-state index < -0.39 is 0 Å². The van der Waals surface area contributed by atoms with E-state index in [1.807, 2.05) is 6.92 Å². The minimum absolute atomic E-state index is 0.0372. The quantitative estimate of drug-likeness (QED) is 0.885. The Morgan fingerprint density at radius 1 is 1.30 bits per heavy atom. The lowest BCUT2D eigenvalue weighted by Crippen LogP contribution is -2.47. The van der Waals surface area contributed by atoms with Gasteiger partial charge in [-0.25, -0.2) is 4.79 Å². The first-order valence-corrected chi connectivity index (χ1v) is 7.50. The molecule has 0 unspecified atom stereocenters. The predicted molar refractivity (Wildman–Crippen MR) is 81.7 cm³/mol. The highest BCUT2D eigenvalue weighted by molar-refractivity contribution is 5.74. The molecule has 110 valence electrons. The minimum Gasteiger partial charge on any atom is -0.338 e. The second kappa shape index (κ2) is 7.29. The molecule has 1 aromatic carbocycles. The maximum Gasteiger partial charge on any atom is 0.314 e. The van der Waals surface area contributed by atoms with Gasteiger partial charge in [0.15, 0.2) is 0 Å². The van der Waals surface area contributed by atoms with Crippen LogP contribution in [0.15, 0.2) is 24.3 Å². The summed E-state index contributed by atoms with van der Waals surface area (Å²) >= 11 is 0. The molecule has 2 amide bonds. The van der Waals surface area contributed by atoms with E-state index in [1.54, 1.807) is 0 Å². The molecule has 1 heterocycles. The molecule has 0 radical (unpaired) electrons.